The summed E-state index contributed by atoms with van der Waals surface area (Å²) in [6.45, 7) is 4.18. The van der Waals surface area contributed by atoms with E-state index in [9.17, 15) is 0 Å². The highest BCUT2D eigenvalue weighted by atomic mass is 35.5. The molecular weight excluding hydrogens is 382 g/mol. The summed E-state index contributed by atoms with van der Waals surface area (Å²) >= 11 is 6.37. The summed E-state index contributed by atoms with van der Waals surface area (Å²) in [5, 5.41) is 5.62. The van der Waals surface area contributed by atoms with Gasteiger partial charge in [0.2, 0.25) is 11.7 Å². The molecule has 9 heteroatoms. The summed E-state index contributed by atoms with van der Waals surface area (Å²) in [5.74, 6) is 0.855. The molecule has 28 heavy (non-hydrogen) atoms. The number of nitrogen functional groups attached to an aromatic ring is 1. The molecule has 1 aliphatic rings. The molecule has 2 aromatic heterocycles. The average Bonchev–Trinajstić information content (AvgIpc) is 3.15. The molecule has 0 atom stereocenters. The van der Waals surface area contributed by atoms with E-state index >= 15 is 0 Å². The van der Waals surface area contributed by atoms with E-state index in [2.05, 4.69) is 9.97 Å². The molecule has 0 radical (unpaired) electrons. The number of ether oxygens (including phenoxy) is 3. The Kier molecular flexibility index (Phi) is 4.50. The van der Waals surface area contributed by atoms with Crippen molar-refractivity contribution in [2.45, 2.75) is 32.6 Å². The van der Waals surface area contributed by atoms with Crippen LogP contribution in [0.1, 0.15) is 25.1 Å². The van der Waals surface area contributed by atoms with Crippen LogP contribution in [0.15, 0.2) is 36.3 Å². The van der Waals surface area contributed by atoms with Crippen LogP contribution in [0.3, 0.4) is 0 Å². The minimum atomic E-state index is -0.693. The Balaban J connectivity index is 1.72. The summed E-state index contributed by atoms with van der Waals surface area (Å²) in [6.07, 6.45) is 2.00. The minimum Gasteiger partial charge on any atom is -0.497 e. The van der Waals surface area contributed by atoms with E-state index in [-0.39, 0.29) is 11.1 Å². The summed E-state index contributed by atoms with van der Waals surface area (Å²) in [5.41, 5.74) is 8.11. The Morgan fingerprint density at radius 3 is 2.61 bits per heavy atom. The van der Waals surface area contributed by atoms with E-state index in [1.165, 1.54) is 0 Å². The Morgan fingerprint density at radius 2 is 1.96 bits per heavy atom. The van der Waals surface area contributed by atoms with Crippen molar-refractivity contribution in [3.05, 3.63) is 52.7 Å². The van der Waals surface area contributed by atoms with Crippen LogP contribution in [0.4, 0.5) is 5.95 Å². The van der Waals surface area contributed by atoms with Gasteiger partial charge in [0.15, 0.2) is 5.65 Å². The average molecular weight is 402 g/mol. The summed E-state index contributed by atoms with van der Waals surface area (Å²) < 4.78 is 18.3. The van der Waals surface area contributed by atoms with Crippen molar-refractivity contribution >= 4 is 28.6 Å². The van der Waals surface area contributed by atoms with Gasteiger partial charge in [0, 0.05) is 13.8 Å². The molecule has 0 saturated carbocycles. The molecule has 3 aromatic rings. The molecule has 3 heterocycles. The monoisotopic (exact) mass is 401 g/mol. The van der Waals surface area contributed by atoms with Gasteiger partial charge in [-0.2, -0.15) is 10.1 Å². The molecule has 146 valence electrons. The molecule has 0 aliphatic carbocycles. The third-order valence-corrected chi connectivity index (χ3v) is 4.60. The number of methoxy groups -OCH3 is 1. The van der Waals surface area contributed by atoms with Gasteiger partial charge in [-0.3, -0.25) is 0 Å². The van der Waals surface area contributed by atoms with Gasteiger partial charge in [0.1, 0.15) is 22.9 Å². The first-order valence-corrected chi connectivity index (χ1v) is 9.09. The number of anilines is 1. The predicted molar refractivity (Wildman–Crippen MR) is 105 cm³/mol. The highest BCUT2D eigenvalue weighted by Gasteiger charge is 2.29. The standard InChI is InChI=1S/C19H20ClN5O3/c1-19(2)27-10-13(28-19)8-14-15-16(20)22-18(21)23-17(15)25(24-14)9-11-4-6-12(26-3)7-5-11/h4-7,10H,8-9H2,1-3H3,(H2,21,22,23). The second-order valence-corrected chi connectivity index (χ2v) is 7.26. The zero-order chi connectivity index (χ0) is 19.9. The van der Waals surface area contributed by atoms with Crippen LogP contribution in [0, 0.1) is 0 Å². The Morgan fingerprint density at radius 1 is 1.21 bits per heavy atom. The zero-order valence-electron chi connectivity index (χ0n) is 15.8. The van der Waals surface area contributed by atoms with Crippen LogP contribution in [0.5, 0.6) is 5.75 Å². The molecule has 4 rings (SSSR count). The van der Waals surface area contributed by atoms with Crippen molar-refractivity contribution in [1.29, 1.82) is 0 Å². The molecule has 8 nitrogen and oxygen atoms in total. The fourth-order valence-electron chi connectivity index (χ4n) is 3.07. The number of allylic oxidation sites excluding steroid dienone is 1. The van der Waals surface area contributed by atoms with Crippen molar-refractivity contribution < 1.29 is 14.2 Å². The summed E-state index contributed by atoms with van der Waals surface area (Å²) in [7, 11) is 1.63. The van der Waals surface area contributed by atoms with E-state index in [0.717, 1.165) is 11.3 Å². The van der Waals surface area contributed by atoms with Gasteiger partial charge in [-0.1, -0.05) is 23.7 Å². The van der Waals surface area contributed by atoms with Gasteiger partial charge in [0.25, 0.3) is 0 Å². The number of aromatic nitrogens is 4. The van der Waals surface area contributed by atoms with E-state index in [4.69, 9.17) is 36.6 Å². The maximum atomic E-state index is 6.37. The van der Waals surface area contributed by atoms with Crippen molar-refractivity contribution in [1.82, 2.24) is 19.7 Å². The van der Waals surface area contributed by atoms with Crippen LogP contribution in [0.2, 0.25) is 5.15 Å². The van der Waals surface area contributed by atoms with Crippen LogP contribution in [-0.4, -0.2) is 32.6 Å². The molecule has 0 spiro atoms. The lowest BCUT2D eigenvalue weighted by Crippen LogP contribution is -2.20. The first-order valence-electron chi connectivity index (χ1n) is 8.72. The van der Waals surface area contributed by atoms with E-state index in [1.54, 1.807) is 18.1 Å². The quantitative estimate of drug-likeness (QED) is 0.655. The van der Waals surface area contributed by atoms with Gasteiger partial charge in [0.05, 0.1) is 31.2 Å². The lowest BCUT2D eigenvalue weighted by atomic mass is 10.2. The molecule has 0 saturated heterocycles. The number of hydrogen-bond donors (Lipinski definition) is 1. The topological polar surface area (TPSA) is 97.3 Å². The summed E-state index contributed by atoms with van der Waals surface area (Å²) in [4.78, 5) is 8.44. The van der Waals surface area contributed by atoms with Crippen molar-refractivity contribution in [2.24, 2.45) is 0 Å². The second kappa shape index (κ2) is 6.87. The number of nitrogens with two attached hydrogens (primary N) is 1. The molecule has 0 amide bonds. The first kappa shape index (κ1) is 18.4. The van der Waals surface area contributed by atoms with Gasteiger partial charge in [-0.05, 0) is 17.7 Å². The lowest BCUT2D eigenvalue weighted by molar-refractivity contribution is -0.117. The SMILES string of the molecule is COc1ccc(Cn2nc(CC3=COC(C)(C)O3)c3c(Cl)nc(N)nc32)cc1. The molecule has 1 aliphatic heterocycles. The Bertz CT molecular complexity index is 1060. The molecular formula is C19H20ClN5O3. The number of nitrogens with zero attached hydrogens (tertiary/aromatic N) is 4. The maximum Gasteiger partial charge on any atom is 0.244 e. The molecule has 0 unspecified atom stereocenters. The number of fused-ring (bicyclic) bond motifs is 1. The van der Waals surface area contributed by atoms with Crippen LogP contribution >= 0.6 is 11.6 Å². The van der Waals surface area contributed by atoms with Gasteiger partial charge < -0.3 is 19.9 Å². The lowest BCUT2D eigenvalue weighted by Gasteiger charge is -2.17. The third-order valence-electron chi connectivity index (χ3n) is 4.32. The Hall–Kier alpha value is -3.00. The highest BCUT2D eigenvalue weighted by molar-refractivity contribution is 6.34. The summed E-state index contributed by atoms with van der Waals surface area (Å²) in [6, 6.07) is 7.73. The van der Waals surface area contributed by atoms with Crippen LogP contribution in [0.25, 0.3) is 11.0 Å². The second-order valence-electron chi connectivity index (χ2n) is 6.90. The number of rotatable bonds is 5. The van der Waals surface area contributed by atoms with Crippen LogP contribution < -0.4 is 10.5 Å². The highest BCUT2D eigenvalue weighted by Crippen LogP contribution is 2.31. The van der Waals surface area contributed by atoms with Crippen LogP contribution in [-0.2, 0) is 22.4 Å². The van der Waals surface area contributed by atoms with E-state index < -0.39 is 5.79 Å². The van der Waals surface area contributed by atoms with E-state index in [1.807, 2.05) is 38.1 Å². The Labute approximate surface area is 166 Å². The normalized spacial score (nSPS) is 15.2. The molecule has 0 bridgehead atoms. The molecule has 1 aromatic carbocycles. The molecule has 2 N–H and O–H groups in total. The number of benzene rings is 1. The maximum absolute atomic E-state index is 6.37. The predicted octanol–water partition coefficient (Wildman–Crippen LogP) is 3.29. The largest absolute Gasteiger partial charge is 0.497 e. The fraction of sp³-hybridized carbons (Fsp3) is 0.316. The minimum absolute atomic E-state index is 0.0979. The zero-order valence-corrected chi connectivity index (χ0v) is 16.5. The van der Waals surface area contributed by atoms with Crippen molar-refractivity contribution in [3.63, 3.8) is 0 Å². The first-order chi connectivity index (χ1) is 13.3. The fourth-order valence-corrected chi connectivity index (χ4v) is 3.35. The third kappa shape index (κ3) is 3.55. The van der Waals surface area contributed by atoms with Crippen molar-refractivity contribution in [2.75, 3.05) is 12.8 Å². The molecule has 0 fully saturated rings. The smallest absolute Gasteiger partial charge is 0.244 e. The van der Waals surface area contributed by atoms with Gasteiger partial charge >= 0.3 is 0 Å². The van der Waals surface area contributed by atoms with Gasteiger partial charge in [-0.15, -0.1) is 0 Å². The number of hydrogen-bond acceptors (Lipinski definition) is 7. The number of halogens is 1. The van der Waals surface area contributed by atoms with Crippen molar-refractivity contribution in [3.8, 4) is 5.75 Å². The van der Waals surface area contributed by atoms with Gasteiger partial charge in [-0.25, -0.2) is 9.67 Å². The van der Waals surface area contributed by atoms with E-state index in [0.29, 0.717) is 35.5 Å².